The molecule has 13 heteroatoms. The Morgan fingerprint density at radius 3 is 2.17 bits per heavy atom. The second-order valence-electron chi connectivity index (χ2n) is 12.3. The molecule has 6 nitrogen and oxygen atoms in total. The first-order valence-corrected chi connectivity index (χ1v) is 15.0. The molecule has 0 radical (unpaired) electrons. The first-order valence-electron chi connectivity index (χ1n) is 15.0. The number of rotatable bonds is 8. The van der Waals surface area contributed by atoms with Gasteiger partial charge in [0.2, 0.25) is 5.91 Å². The van der Waals surface area contributed by atoms with Gasteiger partial charge in [0, 0.05) is 12.0 Å². The van der Waals surface area contributed by atoms with Crippen LogP contribution in [0.2, 0.25) is 0 Å². The summed E-state index contributed by atoms with van der Waals surface area (Å²) in [4.78, 5) is 25.8. The third-order valence-electron chi connectivity index (χ3n) is 8.91. The van der Waals surface area contributed by atoms with Gasteiger partial charge in [-0.15, -0.1) is 0 Å². The molecule has 1 saturated heterocycles. The molecule has 1 saturated carbocycles. The Morgan fingerprint density at radius 1 is 0.957 bits per heavy atom. The number of carbonyl (C=O) groups excluding carboxylic acids is 2. The standard InChI is InChI=1S/C34H33F7N2O4/c1-19(22-14-23(33(36,37)38)16-24(15-22)34(39,40)41)47-28-13-12-26(29(28)21-8-10-25(35)11-9-21)27-17-32(2,30(44)42-27)43-31(45)46-18-20-6-4-3-5-7-20/h3-11,14-16,19,26-29H,12-13,17-18H2,1-2H3,(H,42,44)(H,43,45)/t19-,26+,27?,28+,29+,32-/m1/s1. The van der Waals surface area contributed by atoms with Crippen LogP contribution in [-0.2, 0) is 33.2 Å². The Hall–Kier alpha value is -4.13. The molecule has 6 atom stereocenters. The van der Waals surface area contributed by atoms with E-state index < -0.39 is 71.0 Å². The van der Waals surface area contributed by atoms with Gasteiger partial charge in [-0.25, -0.2) is 9.18 Å². The fraction of sp³-hybridized carbons (Fsp3) is 0.412. The summed E-state index contributed by atoms with van der Waals surface area (Å²) in [5.74, 6) is -1.78. The van der Waals surface area contributed by atoms with Crippen LogP contribution >= 0.6 is 0 Å². The van der Waals surface area contributed by atoms with Gasteiger partial charge < -0.3 is 20.1 Å². The maximum absolute atomic E-state index is 13.9. The van der Waals surface area contributed by atoms with E-state index in [1.54, 1.807) is 43.3 Å². The summed E-state index contributed by atoms with van der Waals surface area (Å²) in [7, 11) is 0. The predicted molar refractivity (Wildman–Crippen MR) is 156 cm³/mol. The highest BCUT2D eigenvalue weighted by Gasteiger charge is 2.51. The molecule has 0 bridgehead atoms. The molecule has 252 valence electrons. The molecular weight excluding hydrogens is 633 g/mol. The number of alkyl carbamates (subject to hydrolysis) is 1. The average molecular weight is 667 g/mol. The van der Waals surface area contributed by atoms with Crippen molar-refractivity contribution in [3.05, 3.63) is 106 Å². The summed E-state index contributed by atoms with van der Waals surface area (Å²) >= 11 is 0. The van der Waals surface area contributed by atoms with Crippen molar-refractivity contribution >= 4 is 12.0 Å². The summed E-state index contributed by atoms with van der Waals surface area (Å²) in [6.07, 6.45) is -11.7. The Bertz CT molecular complexity index is 1550. The van der Waals surface area contributed by atoms with Crippen LogP contribution in [0.1, 0.15) is 72.9 Å². The number of ether oxygens (including phenoxy) is 2. The van der Waals surface area contributed by atoms with E-state index in [0.29, 0.717) is 30.5 Å². The number of hydrogen-bond acceptors (Lipinski definition) is 4. The molecule has 3 aromatic carbocycles. The Kier molecular flexibility index (Phi) is 9.59. The fourth-order valence-corrected chi connectivity index (χ4v) is 6.56. The van der Waals surface area contributed by atoms with Gasteiger partial charge in [-0.2, -0.15) is 26.3 Å². The van der Waals surface area contributed by atoms with Gasteiger partial charge in [-0.3, -0.25) is 4.79 Å². The molecule has 3 aromatic rings. The molecule has 1 unspecified atom stereocenters. The molecule has 2 fully saturated rings. The molecule has 1 aliphatic carbocycles. The van der Waals surface area contributed by atoms with Crippen LogP contribution in [0.4, 0.5) is 35.5 Å². The second kappa shape index (κ2) is 13.2. The maximum Gasteiger partial charge on any atom is 0.416 e. The van der Waals surface area contributed by atoms with Crippen LogP contribution in [0.3, 0.4) is 0 Å². The number of carbonyl (C=O) groups is 2. The molecule has 5 rings (SSSR count). The minimum atomic E-state index is -5.01. The lowest BCUT2D eigenvalue weighted by Gasteiger charge is -2.31. The zero-order valence-electron chi connectivity index (χ0n) is 25.4. The summed E-state index contributed by atoms with van der Waals surface area (Å²) in [6, 6.07) is 15.4. The van der Waals surface area contributed by atoms with Gasteiger partial charge in [-0.1, -0.05) is 42.5 Å². The Labute approximate surface area is 266 Å². The molecule has 47 heavy (non-hydrogen) atoms. The molecule has 0 aromatic heterocycles. The van der Waals surface area contributed by atoms with Crippen LogP contribution in [0.5, 0.6) is 0 Å². The average Bonchev–Trinajstić information content (AvgIpc) is 3.55. The first kappa shape index (κ1) is 34.2. The highest BCUT2D eigenvalue weighted by Crippen LogP contribution is 2.48. The number of hydrogen-bond donors (Lipinski definition) is 2. The smallest absolute Gasteiger partial charge is 0.416 e. The van der Waals surface area contributed by atoms with Crippen molar-refractivity contribution in [1.82, 2.24) is 10.6 Å². The lowest BCUT2D eigenvalue weighted by molar-refractivity contribution is -0.143. The SMILES string of the molecule is C[C@@H](O[C@H]1CC[C@@H](C2C[C@@](C)(NC(=O)OCc3ccccc3)C(=O)N2)[C@@H]1c1ccc(F)cc1)c1cc(C(F)(F)F)cc(C(F)(F)F)c1. The van der Waals surface area contributed by atoms with Crippen LogP contribution < -0.4 is 10.6 Å². The zero-order valence-corrected chi connectivity index (χ0v) is 25.4. The van der Waals surface area contributed by atoms with E-state index in [0.717, 1.165) is 5.56 Å². The molecule has 2 N–H and O–H groups in total. The molecule has 1 aliphatic heterocycles. The van der Waals surface area contributed by atoms with Crippen LogP contribution in [0.15, 0.2) is 72.8 Å². The molecular formula is C34H33F7N2O4. The van der Waals surface area contributed by atoms with E-state index >= 15 is 0 Å². The third-order valence-corrected chi connectivity index (χ3v) is 8.91. The van der Waals surface area contributed by atoms with E-state index in [2.05, 4.69) is 10.6 Å². The summed E-state index contributed by atoms with van der Waals surface area (Å²) in [5.41, 5.74) is -3.13. The maximum atomic E-state index is 13.9. The van der Waals surface area contributed by atoms with Gasteiger partial charge >= 0.3 is 18.4 Å². The molecule has 0 spiro atoms. The van der Waals surface area contributed by atoms with Crippen molar-refractivity contribution < 1.29 is 49.8 Å². The van der Waals surface area contributed by atoms with E-state index in [9.17, 15) is 40.3 Å². The van der Waals surface area contributed by atoms with Crippen molar-refractivity contribution in [1.29, 1.82) is 0 Å². The van der Waals surface area contributed by atoms with E-state index in [1.807, 2.05) is 6.07 Å². The van der Waals surface area contributed by atoms with Crippen molar-refractivity contribution in [2.45, 2.75) is 81.8 Å². The van der Waals surface area contributed by atoms with Crippen LogP contribution in [-0.4, -0.2) is 29.7 Å². The Morgan fingerprint density at radius 2 is 1.57 bits per heavy atom. The number of benzene rings is 3. The topological polar surface area (TPSA) is 76.7 Å². The predicted octanol–water partition coefficient (Wildman–Crippen LogP) is 8.08. The van der Waals surface area contributed by atoms with Crippen molar-refractivity contribution in [2.75, 3.05) is 0 Å². The summed E-state index contributed by atoms with van der Waals surface area (Å²) in [5, 5.41) is 5.59. The van der Waals surface area contributed by atoms with Crippen molar-refractivity contribution in [3.63, 3.8) is 0 Å². The van der Waals surface area contributed by atoms with Gasteiger partial charge in [0.1, 0.15) is 18.0 Å². The Balaban J connectivity index is 1.35. The molecule has 1 heterocycles. The molecule has 2 aliphatic rings. The normalized spacial score (nSPS) is 25.3. The second-order valence-corrected chi connectivity index (χ2v) is 12.3. The first-order chi connectivity index (χ1) is 22.0. The van der Waals surface area contributed by atoms with Gasteiger partial charge in [0.25, 0.3) is 0 Å². The zero-order chi connectivity index (χ0) is 34.1. The van der Waals surface area contributed by atoms with E-state index in [1.165, 1.54) is 19.1 Å². The van der Waals surface area contributed by atoms with Crippen molar-refractivity contribution in [2.24, 2.45) is 5.92 Å². The minimum Gasteiger partial charge on any atom is -0.445 e. The van der Waals surface area contributed by atoms with E-state index in [4.69, 9.17) is 9.47 Å². The highest BCUT2D eigenvalue weighted by atomic mass is 19.4. The monoisotopic (exact) mass is 666 g/mol. The number of alkyl halides is 6. The number of nitrogens with one attached hydrogen (secondary N) is 2. The van der Waals surface area contributed by atoms with Crippen LogP contribution in [0, 0.1) is 11.7 Å². The quantitative estimate of drug-likeness (QED) is 0.239. The van der Waals surface area contributed by atoms with E-state index in [-0.39, 0.29) is 30.6 Å². The van der Waals surface area contributed by atoms with Gasteiger partial charge in [0.15, 0.2) is 0 Å². The number of halogens is 7. The minimum absolute atomic E-state index is 0.00336. The largest absolute Gasteiger partial charge is 0.445 e. The lowest BCUT2D eigenvalue weighted by Crippen LogP contribution is -2.51. The van der Waals surface area contributed by atoms with Gasteiger partial charge in [-0.05, 0) is 86.1 Å². The molecule has 2 amide bonds. The fourth-order valence-electron chi connectivity index (χ4n) is 6.56. The van der Waals surface area contributed by atoms with Gasteiger partial charge in [0.05, 0.1) is 23.3 Å². The third kappa shape index (κ3) is 7.89. The van der Waals surface area contributed by atoms with Crippen LogP contribution in [0.25, 0.3) is 0 Å². The summed E-state index contributed by atoms with van der Waals surface area (Å²) in [6.45, 7) is 2.94. The lowest BCUT2D eigenvalue weighted by atomic mass is 9.80. The number of amides is 2. The summed E-state index contributed by atoms with van der Waals surface area (Å²) < 4.78 is 107. The highest BCUT2D eigenvalue weighted by molar-refractivity contribution is 5.91. The van der Waals surface area contributed by atoms with Crippen molar-refractivity contribution in [3.8, 4) is 0 Å².